The van der Waals surface area contributed by atoms with Crippen LogP contribution in [0.3, 0.4) is 0 Å². The van der Waals surface area contributed by atoms with E-state index >= 15 is 0 Å². The lowest BCUT2D eigenvalue weighted by Crippen LogP contribution is -2.49. The number of hydrogen-bond donors (Lipinski definition) is 0. The normalized spacial score (nSPS) is 14.9. The maximum atomic E-state index is 13.8. The highest BCUT2D eigenvalue weighted by atomic mass is 35.5. The molecule has 0 spiro atoms. The fraction of sp³-hybridized carbons (Fsp3) is 0.222. The zero-order valence-electron chi connectivity index (χ0n) is 13.6. The van der Waals surface area contributed by atoms with E-state index in [-0.39, 0.29) is 5.56 Å². The van der Waals surface area contributed by atoms with E-state index in [0.29, 0.717) is 31.2 Å². The number of carbonyl (C=O) groups excluding carboxylic acids is 1. The molecule has 8 heteroatoms. The number of nitrogens with zero attached hydrogens (tertiary/aromatic N) is 3. The molecular weight excluding hydrogens is 380 g/mol. The van der Waals surface area contributed by atoms with Gasteiger partial charge in [0.1, 0.15) is 11.6 Å². The Labute approximate surface area is 157 Å². The van der Waals surface area contributed by atoms with E-state index in [1.165, 1.54) is 6.07 Å². The van der Waals surface area contributed by atoms with Gasteiger partial charge >= 0.3 is 0 Å². The highest BCUT2D eigenvalue weighted by Crippen LogP contribution is 2.31. The third-order valence-electron chi connectivity index (χ3n) is 4.34. The zero-order valence-corrected chi connectivity index (χ0v) is 15.2. The minimum atomic E-state index is -0.833. The van der Waals surface area contributed by atoms with Crippen molar-refractivity contribution in [3.63, 3.8) is 0 Å². The predicted octanol–water partition coefficient (Wildman–Crippen LogP) is 4.19. The molecule has 0 saturated carbocycles. The van der Waals surface area contributed by atoms with E-state index in [1.54, 1.807) is 22.3 Å². The monoisotopic (exact) mass is 393 g/mol. The van der Waals surface area contributed by atoms with Crippen molar-refractivity contribution < 1.29 is 13.6 Å². The number of anilines is 1. The first-order valence-corrected chi connectivity index (χ1v) is 9.26. The molecule has 0 unspecified atom stereocenters. The molecular formula is C18H14ClF2N3OS. The van der Waals surface area contributed by atoms with Crippen LogP contribution in [-0.2, 0) is 0 Å². The summed E-state index contributed by atoms with van der Waals surface area (Å²) in [7, 11) is 0. The Bertz CT molecular complexity index is 986. The SMILES string of the molecule is O=C(c1ccc(F)cc1F)N1CCN(c2nc3ccc(Cl)cc3s2)CC1. The number of benzene rings is 2. The molecule has 1 saturated heterocycles. The van der Waals surface area contributed by atoms with Crippen LogP contribution >= 0.6 is 22.9 Å². The molecule has 134 valence electrons. The van der Waals surface area contributed by atoms with Crippen LogP contribution in [0.1, 0.15) is 10.4 Å². The summed E-state index contributed by atoms with van der Waals surface area (Å²) >= 11 is 7.57. The maximum absolute atomic E-state index is 13.8. The van der Waals surface area contributed by atoms with Crippen LogP contribution in [0.25, 0.3) is 10.2 Å². The molecule has 26 heavy (non-hydrogen) atoms. The van der Waals surface area contributed by atoms with Gasteiger partial charge in [-0.25, -0.2) is 13.8 Å². The molecule has 2 heterocycles. The van der Waals surface area contributed by atoms with Crippen LogP contribution in [-0.4, -0.2) is 42.0 Å². The van der Waals surface area contributed by atoms with Crippen molar-refractivity contribution in [2.75, 3.05) is 31.1 Å². The van der Waals surface area contributed by atoms with E-state index in [4.69, 9.17) is 11.6 Å². The van der Waals surface area contributed by atoms with Gasteiger partial charge in [0.05, 0.1) is 15.8 Å². The molecule has 1 aliphatic heterocycles. The van der Waals surface area contributed by atoms with E-state index in [2.05, 4.69) is 9.88 Å². The van der Waals surface area contributed by atoms with Gasteiger partial charge < -0.3 is 9.80 Å². The van der Waals surface area contributed by atoms with Crippen molar-refractivity contribution >= 4 is 44.2 Å². The van der Waals surface area contributed by atoms with Gasteiger partial charge in [0.15, 0.2) is 5.13 Å². The number of aromatic nitrogens is 1. The first kappa shape index (κ1) is 17.2. The van der Waals surface area contributed by atoms with Crippen molar-refractivity contribution in [2.24, 2.45) is 0 Å². The van der Waals surface area contributed by atoms with Gasteiger partial charge in [-0.3, -0.25) is 4.79 Å². The minimum Gasteiger partial charge on any atom is -0.345 e. The van der Waals surface area contributed by atoms with E-state index in [9.17, 15) is 13.6 Å². The first-order valence-electron chi connectivity index (χ1n) is 8.06. The molecule has 0 atom stereocenters. The summed E-state index contributed by atoms with van der Waals surface area (Å²) in [6, 6.07) is 8.59. The summed E-state index contributed by atoms with van der Waals surface area (Å²) in [5, 5.41) is 1.55. The molecule has 2 aromatic carbocycles. The largest absolute Gasteiger partial charge is 0.345 e. The summed E-state index contributed by atoms with van der Waals surface area (Å²) in [4.78, 5) is 20.8. The zero-order chi connectivity index (χ0) is 18.3. The van der Waals surface area contributed by atoms with Gasteiger partial charge in [-0.05, 0) is 30.3 Å². The Hall–Kier alpha value is -2.25. The second-order valence-corrected chi connectivity index (χ2v) is 7.46. The molecule has 4 nitrogen and oxygen atoms in total. The fourth-order valence-corrected chi connectivity index (χ4v) is 4.25. The van der Waals surface area contributed by atoms with Crippen LogP contribution in [0.15, 0.2) is 36.4 Å². The van der Waals surface area contributed by atoms with Crippen molar-refractivity contribution in [1.29, 1.82) is 0 Å². The van der Waals surface area contributed by atoms with Crippen molar-refractivity contribution in [3.05, 3.63) is 58.6 Å². The quantitative estimate of drug-likeness (QED) is 0.655. The van der Waals surface area contributed by atoms with Gasteiger partial charge in [-0.2, -0.15) is 0 Å². The average molecular weight is 394 g/mol. The number of halogens is 3. The number of piperazine rings is 1. The average Bonchev–Trinajstić information content (AvgIpc) is 3.04. The Balaban J connectivity index is 1.47. The third kappa shape index (κ3) is 3.24. The minimum absolute atomic E-state index is 0.102. The van der Waals surface area contributed by atoms with Crippen LogP contribution in [0.2, 0.25) is 5.02 Å². The summed E-state index contributed by atoms with van der Waals surface area (Å²) in [6.45, 7) is 2.10. The molecule has 0 radical (unpaired) electrons. The second-order valence-electron chi connectivity index (χ2n) is 6.01. The number of fused-ring (bicyclic) bond motifs is 1. The number of hydrogen-bond acceptors (Lipinski definition) is 4. The summed E-state index contributed by atoms with van der Waals surface area (Å²) < 4.78 is 27.9. The standard InChI is InChI=1S/C18H14ClF2N3OS/c19-11-1-4-15-16(9-11)26-18(22-15)24-7-5-23(6-8-24)17(25)13-3-2-12(20)10-14(13)21/h1-4,9-10H,5-8H2. The predicted molar refractivity (Wildman–Crippen MR) is 99.1 cm³/mol. The van der Waals surface area contributed by atoms with Crippen LogP contribution in [0.5, 0.6) is 0 Å². The number of amides is 1. The lowest BCUT2D eigenvalue weighted by atomic mass is 10.1. The lowest BCUT2D eigenvalue weighted by molar-refractivity contribution is 0.0742. The number of carbonyl (C=O) groups is 1. The maximum Gasteiger partial charge on any atom is 0.256 e. The summed E-state index contributed by atoms with van der Waals surface area (Å²) in [5.74, 6) is -1.95. The summed E-state index contributed by atoms with van der Waals surface area (Å²) in [5.41, 5.74) is 0.788. The van der Waals surface area contributed by atoms with Gasteiger partial charge in [0, 0.05) is 37.3 Å². The third-order valence-corrected chi connectivity index (χ3v) is 5.65. The van der Waals surface area contributed by atoms with Crippen molar-refractivity contribution in [2.45, 2.75) is 0 Å². The molecule has 1 aromatic heterocycles. The molecule has 0 N–H and O–H groups in total. The highest BCUT2D eigenvalue weighted by Gasteiger charge is 2.25. The summed E-state index contributed by atoms with van der Waals surface area (Å²) in [6.07, 6.45) is 0. The van der Waals surface area contributed by atoms with E-state index < -0.39 is 17.5 Å². The highest BCUT2D eigenvalue weighted by molar-refractivity contribution is 7.22. The van der Waals surface area contributed by atoms with Crippen molar-refractivity contribution in [1.82, 2.24) is 9.88 Å². The fourth-order valence-electron chi connectivity index (χ4n) is 2.96. The van der Waals surface area contributed by atoms with Gasteiger partial charge in [0.2, 0.25) is 0 Å². The Kier molecular flexibility index (Phi) is 4.50. The molecule has 0 aliphatic carbocycles. The molecule has 0 bridgehead atoms. The Morgan fingerprint density at radius 3 is 2.58 bits per heavy atom. The molecule has 1 amide bonds. The molecule has 4 rings (SSSR count). The Morgan fingerprint density at radius 2 is 1.85 bits per heavy atom. The first-order chi connectivity index (χ1) is 12.5. The number of thiazole rings is 1. The number of rotatable bonds is 2. The Morgan fingerprint density at radius 1 is 1.08 bits per heavy atom. The van der Waals surface area contributed by atoms with Gasteiger partial charge in [-0.1, -0.05) is 22.9 Å². The van der Waals surface area contributed by atoms with Crippen LogP contribution < -0.4 is 4.90 Å². The van der Waals surface area contributed by atoms with Crippen LogP contribution in [0.4, 0.5) is 13.9 Å². The van der Waals surface area contributed by atoms with Crippen LogP contribution in [0, 0.1) is 11.6 Å². The molecule has 1 aliphatic rings. The second kappa shape index (κ2) is 6.81. The van der Waals surface area contributed by atoms with Gasteiger partial charge in [0.25, 0.3) is 5.91 Å². The lowest BCUT2D eigenvalue weighted by Gasteiger charge is -2.34. The van der Waals surface area contributed by atoms with Crippen molar-refractivity contribution in [3.8, 4) is 0 Å². The molecule has 1 fully saturated rings. The van der Waals surface area contributed by atoms with Gasteiger partial charge in [-0.15, -0.1) is 0 Å². The topological polar surface area (TPSA) is 36.4 Å². The van der Waals surface area contributed by atoms with E-state index in [1.807, 2.05) is 12.1 Å². The van der Waals surface area contributed by atoms with E-state index in [0.717, 1.165) is 27.5 Å². The molecule has 3 aromatic rings. The smallest absolute Gasteiger partial charge is 0.256 e.